The molecule has 1 aromatic carbocycles. The molecule has 0 aliphatic rings. The lowest BCUT2D eigenvalue weighted by molar-refractivity contribution is -0.125. The predicted molar refractivity (Wildman–Crippen MR) is 72.3 cm³/mol. The monoisotopic (exact) mass is 250 g/mol. The number of amides is 1. The van der Waals surface area contributed by atoms with Crippen LogP contribution in [0, 0.1) is 0 Å². The van der Waals surface area contributed by atoms with Gasteiger partial charge in [0.15, 0.2) is 0 Å². The fourth-order valence-electron chi connectivity index (χ4n) is 1.52. The number of ether oxygens (including phenoxy) is 1. The van der Waals surface area contributed by atoms with E-state index in [1.54, 1.807) is 0 Å². The van der Waals surface area contributed by atoms with E-state index in [0.717, 1.165) is 5.56 Å². The Morgan fingerprint density at radius 1 is 1.33 bits per heavy atom. The van der Waals surface area contributed by atoms with Gasteiger partial charge in [0.05, 0.1) is 6.61 Å². The maximum absolute atomic E-state index is 11.4. The molecule has 0 aliphatic carbocycles. The second-order valence-electron chi connectivity index (χ2n) is 4.51. The largest absolute Gasteiger partial charge is 0.370 e. The van der Waals surface area contributed by atoms with Crippen LogP contribution in [0.15, 0.2) is 24.3 Å². The summed E-state index contributed by atoms with van der Waals surface area (Å²) in [7, 11) is 0. The first kappa shape index (κ1) is 14.7. The summed E-state index contributed by atoms with van der Waals surface area (Å²) in [5.41, 5.74) is 7.65. The van der Waals surface area contributed by atoms with Gasteiger partial charge in [0, 0.05) is 13.1 Å². The third-order valence-corrected chi connectivity index (χ3v) is 2.63. The van der Waals surface area contributed by atoms with Crippen LogP contribution < -0.4 is 11.1 Å². The summed E-state index contributed by atoms with van der Waals surface area (Å²) >= 11 is 0. The third kappa shape index (κ3) is 5.29. The maximum atomic E-state index is 11.4. The van der Waals surface area contributed by atoms with Crippen LogP contribution in [-0.4, -0.2) is 25.7 Å². The molecule has 0 aromatic heterocycles. The standard InChI is InChI=1S/C14H22N2O2/c1-11(2)13-5-3-12(4-6-13)9-16-14(17)10-18-8-7-15/h3-6,11H,7-10,15H2,1-2H3,(H,16,17). The van der Waals surface area contributed by atoms with Gasteiger partial charge < -0.3 is 15.8 Å². The summed E-state index contributed by atoms with van der Waals surface area (Å²) in [5, 5.41) is 2.80. The number of hydrogen-bond acceptors (Lipinski definition) is 3. The Hall–Kier alpha value is -1.39. The zero-order chi connectivity index (χ0) is 13.4. The molecule has 100 valence electrons. The van der Waals surface area contributed by atoms with Gasteiger partial charge in [-0.25, -0.2) is 0 Å². The minimum Gasteiger partial charge on any atom is -0.370 e. The number of hydrogen-bond donors (Lipinski definition) is 2. The average Bonchev–Trinajstić information content (AvgIpc) is 2.37. The van der Waals surface area contributed by atoms with E-state index in [1.165, 1.54) is 5.56 Å². The molecule has 4 heteroatoms. The number of carbonyl (C=O) groups excluding carboxylic acids is 1. The van der Waals surface area contributed by atoms with Gasteiger partial charge in [0.1, 0.15) is 6.61 Å². The van der Waals surface area contributed by atoms with E-state index in [1.807, 2.05) is 12.1 Å². The van der Waals surface area contributed by atoms with Crippen LogP contribution in [-0.2, 0) is 16.1 Å². The topological polar surface area (TPSA) is 64.3 Å². The predicted octanol–water partition coefficient (Wildman–Crippen LogP) is 1.40. The molecule has 1 aromatic rings. The molecule has 0 radical (unpaired) electrons. The highest BCUT2D eigenvalue weighted by molar-refractivity contribution is 5.77. The van der Waals surface area contributed by atoms with Crippen LogP contribution in [0.3, 0.4) is 0 Å². The third-order valence-electron chi connectivity index (χ3n) is 2.63. The van der Waals surface area contributed by atoms with E-state index in [2.05, 4.69) is 31.3 Å². The maximum Gasteiger partial charge on any atom is 0.246 e. The molecule has 0 atom stereocenters. The normalized spacial score (nSPS) is 10.7. The van der Waals surface area contributed by atoms with Crippen molar-refractivity contribution >= 4 is 5.91 Å². The number of carbonyl (C=O) groups is 1. The van der Waals surface area contributed by atoms with Crippen molar-refractivity contribution < 1.29 is 9.53 Å². The summed E-state index contributed by atoms with van der Waals surface area (Å²) in [5.74, 6) is 0.412. The van der Waals surface area contributed by atoms with E-state index in [-0.39, 0.29) is 12.5 Å². The quantitative estimate of drug-likeness (QED) is 0.719. The highest BCUT2D eigenvalue weighted by Gasteiger charge is 2.02. The first-order valence-corrected chi connectivity index (χ1v) is 6.27. The van der Waals surface area contributed by atoms with Crippen molar-refractivity contribution in [2.45, 2.75) is 26.3 Å². The van der Waals surface area contributed by atoms with Gasteiger partial charge >= 0.3 is 0 Å². The van der Waals surface area contributed by atoms with Crippen molar-refractivity contribution in [2.24, 2.45) is 5.73 Å². The van der Waals surface area contributed by atoms with Crippen molar-refractivity contribution in [3.63, 3.8) is 0 Å². The highest BCUT2D eigenvalue weighted by atomic mass is 16.5. The van der Waals surface area contributed by atoms with Crippen molar-refractivity contribution in [3.8, 4) is 0 Å². The number of nitrogens with two attached hydrogens (primary N) is 1. The SMILES string of the molecule is CC(C)c1ccc(CNC(=O)COCCN)cc1. The number of nitrogens with one attached hydrogen (secondary N) is 1. The molecular formula is C14H22N2O2. The van der Waals surface area contributed by atoms with E-state index < -0.39 is 0 Å². The first-order valence-electron chi connectivity index (χ1n) is 6.27. The van der Waals surface area contributed by atoms with Gasteiger partial charge in [-0.3, -0.25) is 4.79 Å². The second-order valence-corrected chi connectivity index (χ2v) is 4.51. The van der Waals surface area contributed by atoms with Gasteiger partial charge in [0.2, 0.25) is 5.91 Å². The second kappa shape index (κ2) is 7.84. The highest BCUT2D eigenvalue weighted by Crippen LogP contribution is 2.14. The fourth-order valence-corrected chi connectivity index (χ4v) is 1.52. The fraction of sp³-hybridized carbons (Fsp3) is 0.500. The molecule has 0 fully saturated rings. The van der Waals surface area contributed by atoms with Crippen molar-refractivity contribution in [3.05, 3.63) is 35.4 Å². The summed E-state index contributed by atoms with van der Waals surface area (Å²) in [6.07, 6.45) is 0. The van der Waals surface area contributed by atoms with Gasteiger partial charge in [-0.15, -0.1) is 0 Å². The summed E-state index contributed by atoms with van der Waals surface area (Å²) in [6, 6.07) is 8.26. The van der Waals surface area contributed by atoms with E-state index in [0.29, 0.717) is 25.6 Å². The van der Waals surface area contributed by atoms with Crippen LogP contribution in [0.25, 0.3) is 0 Å². The molecule has 0 bridgehead atoms. The molecule has 0 saturated carbocycles. The zero-order valence-electron chi connectivity index (χ0n) is 11.1. The lowest BCUT2D eigenvalue weighted by Gasteiger charge is -2.08. The van der Waals surface area contributed by atoms with E-state index in [9.17, 15) is 4.79 Å². The molecule has 4 nitrogen and oxygen atoms in total. The Morgan fingerprint density at radius 3 is 2.56 bits per heavy atom. The van der Waals surface area contributed by atoms with Crippen molar-refractivity contribution in [1.29, 1.82) is 0 Å². The van der Waals surface area contributed by atoms with Crippen LogP contribution in [0.2, 0.25) is 0 Å². The van der Waals surface area contributed by atoms with E-state index >= 15 is 0 Å². The van der Waals surface area contributed by atoms with Crippen molar-refractivity contribution in [2.75, 3.05) is 19.8 Å². The molecule has 1 rings (SSSR count). The van der Waals surface area contributed by atoms with Crippen LogP contribution >= 0.6 is 0 Å². The molecule has 0 spiro atoms. The Labute approximate surface area is 109 Å². The molecule has 18 heavy (non-hydrogen) atoms. The van der Waals surface area contributed by atoms with Crippen LogP contribution in [0.4, 0.5) is 0 Å². The van der Waals surface area contributed by atoms with Gasteiger partial charge in [0.25, 0.3) is 0 Å². The molecule has 0 saturated heterocycles. The Kier molecular flexibility index (Phi) is 6.39. The summed E-state index contributed by atoms with van der Waals surface area (Å²) < 4.78 is 5.05. The molecule has 0 heterocycles. The van der Waals surface area contributed by atoms with Crippen LogP contribution in [0.5, 0.6) is 0 Å². The van der Waals surface area contributed by atoms with Gasteiger partial charge in [-0.1, -0.05) is 38.1 Å². The molecule has 3 N–H and O–H groups in total. The lowest BCUT2D eigenvalue weighted by Crippen LogP contribution is -2.28. The first-order chi connectivity index (χ1) is 8.63. The molecular weight excluding hydrogens is 228 g/mol. The number of rotatable bonds is 7. The lowest BCUT2D eigenvalue weighted by atomic mass is 10.0. The molecule has 0 unspecified atom stereocenters. The van der Waals surface area contributed by atoms with Crippen LogP contribution in [0.1, 0.15) is 30.9 Å². The Morgan fingerprint density at radius 2 is 2.00 bits per heavy atom. The average molecular weight is 250 g/mol. The zero-order valence-corrected chi connectivity index (χ0v) is 11.1. The van der Waals surface area contributed by atoms with Crippen molar-refractivity contribution in [1.82, 2.24) is 5.32 Å². The minimum absolute atomic E-state index is 0.0707. The Bertz CT molecular complexity index is 361. The van der Waals surface area contributed by atoms with E-state index in [4.69, 9.17) is 10.5 Å². The van der Waals surface area contributed by atoms with Gasteiger partial charge in [-0.2, -0.15) is 0 Å². The Balaban J connectivity index is 2.32. The molecule has 1 amide bonds. The minimum atomic E-state index is -0.114. The summed E-state index contributed by atoms with van der Waals surface area (Å²) in [4.78, 5) is 11.4. The van der Waals surface area contributed by atoms with Gasteiger partial charge in [-0.05, 0) is 17.0 Å². The summed E-state index contributed by atoms with van der Waals surface area (Å²) in [6.45, 7) is 5.77. The molecule has 0 aliphatic heterocycles. The smallest absolute Gasteiger partial charge is 0.246 e. The number of benzene rings is 1.